The number of aryl methyl sites for hydroxylation is 2. The number of hydrogen-bond acceptors (Lipinski definition) is 5. The number of aromatic nitrogens is 5. The summed E-state index contributed by atoms with van der Waals surface area (Å²) in [6.07, 6.45) is 6.52. The van der Waals surface area contributed by atoms with E-state index < -0.39 is 0 Å². The number of pyridine rings is 1. The Hall–Kier alpha value is -1.68. The van der Waals surface area contributed by atoms with Crippen LogP contribution in [0.1, 0.15) is 36.2 Å². The van der Waals surface area contributed by atoms with Crippen molar-refractivity contribution in [1.29, 1.82) is 0 Å². The maximum Gasteiger partial charge on any atom is 0.159 e. The van der Waals surface area contributed by atoms with Crippen LogP contribution in [0.2, 0.25) is 0 Å². The van der Waals surface area contributed by atoms with Gasteiger partial charge < -0.3 is 10.6 Å². The molecule has 3 saturated carbocycles. The number of nitrogens with zero attached hydrogens (tertiary/aromatic N) is 6. The van der Waals surface area contributed by atoms with Gasteiger partial charge >= 0.3 is 0 Å². The predicted molar refractivity (Wildman–Crippen MR) is 121 cm³/mol. The van der Waals surface area contributed by atoms with Crippen molar-refractivity contribution in [3.63, 3.8) is 0 Å². The molecule has 2 N–H and O–H groups in total. The van der Waals surface area contributed by atoms with E-state index in [2.05, 4.69) is 55.2 Å². The lowest BCUT2D eigenvalue weighted by Crippen LogP contribution is -2.44. The average Bonchev–Trinajstić information content (AvgIpc) is 3.37. The second kappa shape index (κ2) is 6.16. The monoisotopic (exact) mass is 503 g/mol. The highest BCUT2D eigenvalue weighted by Gasteiger charge is 2.53. The summed E-state index contributed by atoms with van der Waals surface area (Å²) in [4.78, 5) is 7.15. The largest absolute Gasteiger partial charge is 0.366 e. The molecule has 4 heterocycles. The van der Waals surface area contributed by atoms with Crippen LogP contribution in [0.25, 0.3) is 11.0 Å². The van der Waals surface area contributed by atoms with Gasteiger partial charge in [0.1, 0.15) is 3.70 Å². The van der Waals surface area contributed by atoms with Crippen LogP contribution >= 0.6 is 22.6 Å². The lowest BCUT2D eigenvalue weighted by Gasteiger charge is -2.34. The van der Waals surface area contributed by atoms with Crippen molar-refractivity contribution in [2.45, 2.75) is 51.2 Å². The van der Waals surface area contributed by atoms with Gasteiger partial charge in [-0.3, -0.25) is 9.36 Å². The van der Waals surface area contributed by atoms with Gasteiger partial charge in [-0.15, -0.1) is 0 Å². The Morgan fingerprint density at radius 1 is 1.31 bits per heavy atom. The van der Waals surface area contributed by atoms with Crippen molar-refractivity contribution in [1.82, 2.24) is 24.5 Å². The van der Waals surface area contributed by atoms with Crippen molar-refractivity contribution in [2.24, 2.45) is 24.6 Å². The van der Waals surface area contributed by atoms with Gasteiger partial charge in [-0.1, -0.05) is 0 Å². The van der Waals surface area contributed by atoms with Crippen LogP contribution in [0.4, 0.5) is 5.69 Å². The summed E-state index contributed by atoms with van der Waals surface area (Å²) in [5.41, 5.74) is 12.4. The van der Waals surface area contributed by atoms with Gasteiger partial charge in [0.2, 0.25) is 0 Å². The lowest BCUT2D eigenvalue weighted by molar-refractivity contribution is 0.223. The molecule has 0 saturated heterocycles. The summed E-state index contributed by atoms with van der Waals surface area (Å²) in [6, 6.07) is 2.19. The fourth-order valence-electron chi connectivity index (χ4n) is 5.81. The molecule has 0 amide bonds. The molecule has 8 heteroatoms. The summed E-state index contributed by atoms with van der Waals surface area (Å²) < 4.78 is 5.42. The van der Waals surface area contributed by atoms with Crippen molar-refractivity contribution in [3.05, 3.63) is 32.9 Å². The van der Waals surface area contributed by atoms with E-state index in [0.29, 0.717) is 5.92 Å². The predicted octanol–water partition coefficient (Wildman–Crippen LogP) is 2.77. The number of anilines is 1. The van der Waals surface area contributed by atoms with Gasteiger partial charge in [0.05, 0.1) is 23.0 Å². The third-order valence-electron chi connectivity index (χ3n) is 7.27. The normalized spacial score (nSPS) is 28.1. The zero-order valence-electron chi connectivity index (χ0n) is 16.9. The Morgan fingerprint density at radius 3 is 2.90 bits per heavy atom. The van der Waals surface area contributed by atoms with E-state index >= 15 is 0 Å². The quantitative estimate of drug-likeness (QED) is 0.557. The highest BCUT2D eigenvalue weighted by molar-refractivity contribution is 14.1. The van der Waals surface area contributed by atoms with E-state index in [4.69, 9.17) is 10.8 Å². The first-order valence-electron chi connectivity index (χ1n) is 10.5. The molecule has 3 aliphatic carbocycles. The smallest absolute Gasteiger partial charge is 0.159 e. The summed E-state index contributed by atoms with van der Waals surface area (Å²) in [5, 5.41) is 10.6. The lowest BCUT2D eigenvalue weighted by atomic mass is 9.77. The number of fused-ring (bicyclic) bond motifs is 3. The first-order valence-corrected chi connectivity index (χ1v) is 11.6. The van der Waals surface area contributed by atoms with Gasteiger partial charge in [-0.2, -0.15) is 10.2 Å². The molecule has 0 unspecified atom stereocenters. The molecule has 1 atom stereocenters. The molecule has 7 rings (SSSR count). The van der Waals surface area contributed by atoms with Gasteiger partial charge in [0, 0.05) is 49.9 Å². The second-order valence-corrected chi connectivity index (χ2v) is 10.4. The molecule has 4 aliphatic rings. The third kappa shape index (κ3) is 2.74. The molecular weight excluding hydrogens is 477 g/mol. The van der Waals surface area contributed by atoms with Crippen molar-refractivity contribution < 1.29 is 0 Å². The first kappa shape index (κ1) is 18.1. The molecule has 29 heavy (non-hydrogen) atoms. The average molecular weight is 503 g/mol. The number of halogens is 1. The van der Waals surface area contributed by atoms with E-state index in [9.17, 15) is 0 Å². The molecule has 0 spiro atoms. The second-order valence-electron chi connectivity index (χ2n) is 9.35. The van der Waals surface area contributed by atoms with E-state index in [1.807, 2.05) is 17.9 Å². The van der Waals surface area contributed by atoms with Crippen LogP contribution in [0.5, 0.6) is 0 Å². The highest BCUT2D eigenvalue weighted by Crippen LogP contribution is 2.54. The number of hydrogen-bond donors (Lipinski definition) is 1. The summed E-state index contributed by atoms with van der Waals surface area (Å²) in [7, 11) is 1.96. The molecule has 0 radical (unpaired) electrons. The van der Waals surface area contributed by atoms with Gasteiger partial charge in [-0.05, 0) is 66.7 Å². The van der Waals surface area contributed by atoms with Crippen molar-refractivity contribution >= 4 is 39.3 Å². The Bertz CT molecular complexity index is 1120. The minimum atomic E-state index is 0.138. The van der Waals surface area contributed by atoms with Crippen LogP contribution in [-0.2, 0) is 26.6 Å². The molecular formula is C21H26IN7. The minimum absolute atomic E-state index is 0.138. The number of rotatable bonds is 3. The van der Waals surface area contributed by atoms with Gasteiger partial charge in [-0.25, -0.2) is 4.98 Å². The molecule has 1 aliphatic heterocycles. The van der Waals surface area contributed by atoms with E-state index in [1.165, 1.54) is 39.9 Å². The Morgan fingerprint density at radius 2 is 2.14 bits per heavy atom. The SMILES string of the molecule is Cc1cc(N2CCc3nn(C[C@H]4CC5(N)CC4C5)c(I)c3C2)c2cnn(C)c2n1. The fraction of sp³-hybridized carbons (Fsp3) is 0.571. The minimum Gasteiger partial charge on any atom is -0.366 e. The molecule has 3 fully saturated rings. The summed E-state index contributed by atoms with van der Waals surface area (Å²) in [6.45, 7) is 4.96. The standard InChI is InChI=1S/C21H26IN7/c1-12-5-18(15-9-24-27(2)20(15)25-12)28-4-3-17-16(11-28)19(22)29(26-17)10-14-8-21(23)6-13(14)7-21/h5,9,13-14H,3-4,6-8,10-11,23H2,1-2H3/t13?,14-,21?/m1/s1. The molecule has 2 bridgehead atoms. The van der Waals surface area contributed by atoms with Gasteiger partial charge in [0.15, 0.2) is 5.65 Å². The molecule has 0 aromatic carbocycles. The zero-order valence-corrected chi connectivity index (χ0v) is 19.1. The summed E-state index contributed by atoms with van der Waals surface area (Å²) in [5.74, 6) is 1.51. The van der Waals surface area contributed by atoms with Crippen LogP contribution in [0.3, 0.4) is 0 Å². The fourth-order valence-corrected chi connectivity index (χ4v) is 6.60. The molecule has 152 valence electrons. The molecule has 3 aromatic rings. The van der Waals surface area contributed by atoms with E-state index in [0.717, 1.165) is 48.7 Å². The van der Waals surface area contributed by atoms with E-state index in [1.54, 1.807) is 0 Å². The third-order valence-corrected chi connectivity index (χ3v) is 8.47. The van der Waals surface area contributed by atoms with Crippen LogP contribution in [0.15, 0.2) is 12.3 Å². The Kier molecular flexibility index (Phi) is 3.85. The first-order chi connectivity index (χ1) is 13.9. The van der Waals surface area contributed by atoms with Crippen LogP contribution in [0, 0.1) is 22.5 Å². The van der Waals surface area contributed by atoms with Crippen LogP contribution in [-0.4, -0.2) is 36.6 Å². The molecule has 3 aromatic heterocycles. The zero-order chi connectivity index (χ0) is 19.9. The molecule has 7 nitrogen and oxygen atoms in total. The van der Waals surface area contributed by atoms with Crippen molar-refractivity contribution in [2.75, 3.05) is 11.4 Å². The van der Waals surface area contributed by atoms with Crippen molar-refractivity contribution in [3.8, 4) is 0 Å². The topological polar surface area (TPSA) is 77.8 Å². The van der Waals surface area contributed by atoms with E-state index in [-0.39, 0.29) is 5.54 Å². The Balaban J connectivity index is 1.30. The van der Waals surface area contributed by atoms with Crippen LogP contribution < -0.4 is 10.6 Å². The maximum absolute atomic E-state index is 6.42. The number of nitrogens with two attached hydrogens (primary N) is 1. The van der Waals surface area contributed by atoms with Gasteiger partial charge in [0.25, 0.3) is 0 Å². The maximum atomic E-state index is 6.42. The summed E-state index contributed by atoms with van der Waals surface area (Å²) >= 11 is 2.50. The Labute approximate surface area is 183 Å². The highest BCUT2D eigenvalue weighted by atomic mass is 127.